The normalized spacial score (nSPS) is 20.5. The number of esters is 2. The Kier molecular flexibility index (Phi) is 6.04. The van der Waals surface area contributed by atoms with Crippen molar-refractivity contribution in [2.45, 2.75) is 59.0 Å². The van der Waals surface area contributed by atoms with Crippen LogP contribution in [0.4, 0.5) is 0 Å². The van der Waals surface area contributed by atoms with E-state index in [-0.39, 0.29) is 29.4 Å². The molecule has 1 aliphatic carbocycles. The van der Waals surface area contributed by atoms with Crippen LogP contribution in [0.3, 0.4) is 0 Å². The molecule has 136 valence electrons. The summed E-state index contributed by atoms with van der Waals surface area (Å²) in [6.45, 7) is 7.79. The zero-order valence-corrected chi connectivity index (χ0v) is 15.8. The van der Waals surface area contributed by atoms with E-state index in [0.29, 0.717) is 12.8 Å². The van der Waals surface area contributed by atoms with Crippen molar-refractivity contribution < 1.29 is 19.1 Å². The van der Waals surface area contributed by atoms with E-state index in [0.717, 1.165) is 12.0 Å². The van der Waals surface area contributed by atoms with Gasteiger partial charge in [-0.2, -0.15) is 0 Å². The van der Waals surface area contributed by atoms with Crippen LogP contribution in [0.5, 0.6) is 0 Å². The number of ether oxygens (including phenoxy) is 2. The third-order valence-electron chi connectivity index (χ3n) is 5.14. The van der Waals surface area contributed by atoms with Crippen molar-refractivity contribution in [3.05, 3.63) is 47.0 Å². The predicted octanol–water partition coefficient (Wildman–Crippen LogP) is 4.40. The highest BCUT2D eigenvalue weighted by atomic mass is 16.5. The second-order valence-electron chi connectivity index (χ2n) is 7.35. The Balaban J connectivity index is 2.34. The van der Waals surface area contributed by atoms with Crippen molar-refractivity contribution in [1.82, 2.24) is 0 Å². The zero-order valence-electron chi connectivity index (χ0n) is 15.8. The topological polar surface area (TPSA) is 52.6 Å². The molecule has 0 N–H and O–H groups in total. The first-order chi connectivity index (χ1) is 11.8. The molecule has 0 unspecified atom stereocenters. The molecule has 1 aliphatic rings. The van der Waals surface area contributed by atoms with Gasteiger partial charge in [0.25, 0.3) is 0 Å². The molecule has 0 saturated heterocycles. The maximum atomic E-state index is 11.6. The molecule has 0 fully saturated rings. The fourth-order valence-electron chi connectivity index (χ4n) is 3.95. The van der Waals surface area contributed by atoms with Crippen LogP contribution in [0.2, 0.25) is 0 Å². The first kappa shape index (κ1) is 19.2. The van der Waals surface area contributed by atoms with Crippen LogP contribution >= 0.6 is 0 Å². The number of benzene rings is 1. The van der Waals surface area contributed by atoms with E-state index in [4.69, 9.17) is 9.47 Å². The molecule has 0 aromatic heterocycles. The molecule has 0 bridgehead atoms. The summed E-state index contributed by atoms with van der Waals surface area (Å²) in [6, 6.07) is 10.3. The molecule has 4 nitrogen and oxygen atoms in total. The quantitative estimate of drug-likeness (QED) is 0.567. The number of methoxy groups -OCH3 is 1. The highest BCUT2D eigenvalue weighted by molar-refractivity contribution is 5.69. The molecule has 0 aliphatic heterocycles. The van der Waals surface area contributed by atoms with Crippen molar-refractivity contribution in [2.24, 2.45) is 5.41 Å². The maximum Gasteiger partial charge on any atom is 0.305 e. The van der Waals surface area contributed by atoms with Gasteiger partial charge in [0.15, 0.2) is 0 Å². The van der Waals surface area contributed by atoms with E-state index in [1.54, 1.807) is 0 Å². The van der Waals surface area contributed by atoms with Gasteiger partial charge in [0.2, 0.25) is 0 Å². The molecule has 0 radical (unpaired) electrons. The number of carbonyl (C=O) groups is 2. The SMILES string of the molecule is COC(=O)CCC(C)(C)C1=C(C)[C@@H](c2ccccc2)C[C@@H]1OC(C)=O. The van der Waals surface area contributed by atoms with E-state index in [9.17, 15) is 9.59 Å². The number of hydrogen-bond donors (Lipinski definition) is 0. The van der Waals surface area contributed by atoms with Gasteiger partial charge in [0.05, 0.1) is 7.11 Å². The van der Waals surface area contributed by atoms with Crippen molar-refractivity contribution >= 4 is 11.9 Å². The lowest BCUT2D eigenvalue weighted by Crippen LogP contribution is -2.27. The van der Waals surface area contributed by atoms with Gasteiger partial charge < -0.3 is 9.47 Å². The summed E-state index contributed by atoms with van der Waals surface area (Å²) in [7, 11) is 1.41. The maximum absolute atomic E-state index is 11.6. The Labute approximate surface area is 150 Å². The van der Waals surface area contributed by atoms with Crippen molar-refractivity contribution in [2.75, 3.05) is 7.11 Å². The molecule has 0 spiro atoms. The highest BCUT2D eigenvalue weighted by Crippen LogP contribution is 2.49. The van der Waals surface area contributed by atoms with Gasteiger partial charge in [0.1, 0.15) is 6.10 Å². The Morgan fingerprint density at radius 2 is 1.84 bits per heavy atom. The van der Waals surface area contributed by atoms with E-state index in [1.165, 1.54) is 25.2 Å². The Bertz CT molecular complexity index is 658. The molecular weight excluding hydrogens is 316 g/mol. The van der Waals surface area contributed by atoms with Crippen LogP contribution < -0.4 is 0 Å². The minimum absolute atomic E-state index is 0.215. The van der Waals surface area contributed by atoms with E-state index >= 15 is 0 Å². The highest BCUT2D eigenvalue weighted by Gasteiger charge is 2.41. The summed E-state index contributed by atoms with van der Waals surface area (Å²) < 4.78 is 10.4. The summed E-state index contributed by atoms with van der Waals surface area (Å²) in [5, 5.41) is 0. The van der Waals surface area contributed by atoms with Crippen LogP contribution in [0.1, 0.15) is 58.4 Å². The van der Waals surface area contributed by atoms with Gasteiger partial charge in [-0.3, -0.25) is 9.59 Å². The van der Waals surface area contributed by atoms with Gasteiger partial charge in [-0.15, -0.1) is 0 Å². The minimum Gasteiger partial charge on any atom is -0.469 e. The molecule has 1 aromatic carbocycles. The molecule has 2 rings (SSSR count). The average Bonchev–Trinajstić information content (AvgIpc) is 2.89. The molecule has 2 atom stereocenters. The molecule has 1 aromatic rings. The fraction of sp³-hybridized carbons (Fsp3) is 0.524. The summed E-state index contributed by atoms with van der Waals surface area (Å²) >= 11 is 0. The lowest BCUT2D eigenvalue weighted by Gasteiger charge is -2.31. The first-order valence-corrected chi connectivity index (χ1v) is 8.76. The van der Waals surface area contributed by atoms with Gasteiger partial charge in [-0.05, 0) is 36.3 Å². The fourth-order valence-corrected chi connectivity index (χ4v) is 3.95. The summed E-state index contributed by atoms with van der Waals surface area (Å²) in [6.07, 6.45) is 1.52. The van der Waals surface area contributed by atoms with Gasteiger partial charge >= 0.3 is 11.9 Å². The van der Waals surface area contributed by atoms with Crippen LogP contribution in [0.25, 0.3) is 0 Å². The molecule has 25 heavy (non-hydrogen) atoms. The van der Waals surface area contributed by atoms with Gasteiger partial charge in [0, 0.05) is 19.3 Å². The van der Waals surface area contributed by atoms with E-state index in [2.05, 4.69) is 32.9 Å². The second kappa shape index (κ2) is 7.85. The van der Waals surface area contributed by atoms with Crippen LogP contribution in [0, 0.1) is 5.41 Å². The van der Waals surface area contributed by atoms with Crippen LogP contribution in [-0.4, -0.2) is 25.2 Å². The number of carbonyl (C=O) groups excluding carboxylic acids is 2. The second-order valence-corrected chi connectivity index (χ2v) is 7.35. The molecule has 0 saturated carbocycles. The Morgan fingerprint density at radius 3 is 2.40 bits per heavy atom. The number of hydrogen-bond acceptors (Lipinski definition) is 4. The average molecular weight is 344 g/mol. The monoisotopic (exact) mass is 344 g/mol. The predicted molar refractivity (Wildman–Crippen MR) is 97.1 cm³/mol. The van der Waals surface area contributed by atoms with Gasteiger partial charge in [-0.25, -0.2) is 0 Å². The van der Waals surface area contributed by atoms with E-state index < -0.39 is 0 Å². The molecule has 0 heterocycles. The zero-order chi connectivity index (χ0) is 18.6. The van der Waals surface area contributed by atoms with Gasteiger partial charge in [-0.1, -0.05) is 49.8 Å². The molecular formula is C21H28O4. The summed E-state index contributed by atoms with van der Waals surface area (Å²) in [5.41, 5.74) is 3.37. The summed E-state index contributed by atoms with van der Waals surface area (Å²) in [4.78, 5) is 23.2. The third-order valence-corrected chi connectivity index (χ3v) is 5.14. The van der Waals surface area contributed by atoms with Crippen molar-refractivity contribution in [3.63, 3.8) is 0 Å². The standard InChI is InChI=1S/C21H28O4/c1-14-17(16-9-7-6-8-10-16)13-18(25-15(2)22)20(14)21(3,4)12-11-19(23)24-5/h6-10,17-18H,11-13H2,1-5H3/t17-,18-/m0/s1. The largest absolute Gasteiger partial charge is 0.469 e. The third kappa shape index (κ3) is 4.50. The van der Waals surface area contributed by atoms with E-state index in [1.807, 2.05) is 18.2 Å². The number of rotatable bonds is 6. The van der Waals surface area contributed by atoms with Crippen molar-refractivity contribution in [3.8, 4) is 0 Å². The Hall–Kier alpha value is -2.10. The molecule has 0 amide bonds. The smallest absolute Gasteiger partial charge is 0.305 e. The lowest BCUT2D eigenvalue weighted by atomic mass is 9.77. The van der Waals surface area contributed by atoms with Crippen LogP contribution in [0.15, 0.2) is 41.5 Å². The Morgan fingerprint density at radius 1 is 1.20 bits per heavy atom. The summed E-state index contributed by atoms with van der Waals surface area (Å²) in [5.74, 6) is -0.251. The first-order valence-electron chi connectivity index (χ1n) is 8.76. The lowest BCUT2D eigenvalue weighted by molar-refractivity contribution is -0.145. The minimum atomic E-state index is -0.271. The molecule has 4 heteroatoms. The van der Waals surface area contributed by atoms with Crippen LogP contribution in [-0.2, 0) is 19.1 Å². The van der Waals surface area contributed by atoms with Crippen molar-refractivity contribution in [1.29, 1.82) is 0 Å². The number of allylic oxidation sites excluding steroid dienone is 1.